The minimum Gasteiger partial charge on any atom is -0.454 e. The molecule has 0 bridgehead atoms. The number of pyridine rings is 1. The van der Waals surface area contributed by atoms with Gasteiger partial charge in [0, 0.05) is 23.7 Å². The van der Waals surface area contributed by atoms with E-state index in [1.54, 1.807) is 0 Å². The van der Waals surface area contributed by atoms with Crippen LogP contribution in [0.3, 0.4) is 0 Å². The van der Waals surface area contributed by atoms with Crippen molar-refractivity contribution < 1.29 is 14.3 Å². The Morgan fingerprint density at radius 2 is 2.00 bits per heavy atom. The van der Waals surface area contributed by atoms with Gasteiger partial charge in [-0.15, -0.1) is 0 Å². The number of ether oxygens (including phenoxy) is 2. The summed E-state index contributed by atoms with van der Waals surface area (Å²) in [5.41, 5.74) is 4.19. The summed E-state index contributed by atoms with van der Waals surface area (Å²) in [7, 11) is 0. The van der Waals surface area contributed by atoms with Crippen molar-refractivity contribution >= 4 is 34.3 Å². The number of anilines is 1. The third-order valence-corrected chi connectivity index (χ3v) is 6.05. The van der Waals surface area contributed by atoms with E-state index in [0.717, 1.165) is 51.6 Å². The van der Waals surface area contributed by atoms with Gasteiger partial charge in [-0.1, -0.05) is 30.0 Å². The Morgan fingerprint density at radius 3 is 2.89 bits per heavy atom. The monoisotopic (exact) mass is 378 g/mol. The molecule has 0 fully saturated rings. The highest BCUT2D eigenvalue weighted by molar-refractivity contribution is 8.00. The summed E-state index contributed by atoms with van der Waals surface area (Å²) in [6, 6.07) is 14.1. The first-order valence-corrected chi connectivity index (χ1v) is 9.90. The molecule has 2 aliphatic rings. The molecule has 0 radical (unpaired) electrons. The van der Waals surface area contributed by atoms with Crippen LogP contribution in [0.1, 0.15) is 11.1 Å². The van der Waals surface area contributed by atoms with Crippen LogP contribution in [0.5, 0.6) is 11.5 Å². The number of aryl methyl sites for hydroxylation is 1. The van der Waals surface area contributed by atoms with E-state index < -0.39 is 0 Å². The van der Waals surface area contributed by atoms with Crippen LogP contribution >= 0.6 is 11.8 Å². The minimum absolute atomic E-state index is 0.122. The normalized spacial score (nSPS) is 14.6. The van der Waals surface area contributed by atoms with Gasteiger partial charge < -0.3 is 14.4 Å². The van der Waals surface area contributed by atoms with Crippen LogP contribution in [0.15, 0.2) is 47.5 Å². The highest BCUT2D eigenvalue weighted by atomic mass is 32.2. The average molecular weight is 378 g/mol. The predicted molar refractivity (Wildman–Crippen MR) is 106 cm³/mol. The summed E-state index contributed by atoms with van der Waals surface area (Å²) in [4.78, 5) is 19.4. The molecule has 136 valence electrons. The Morgan fingerprint density at radius 1 is 1.19 bits per heavy atom. The molecule has 3 aromatic rings. The second kappa shape index (κ2) is 6.46. The zero-order chi connectivity index (χ0) is 18.4. The number of thioether (sulfide) groups is 1. The largest absolute Gasteiger partial charge is 0.454 e. The molecule has 5 nitrogen and oxygen atoms in total. The SMILES string of the molecule is Cc1cc2cc3c(cc2nc1SCC(=O)N1CCc2ccccc21)OCO3. The Labute approximate surface area is 161 Å². The number of nitrogens with zero attached hydrogens (tertiary/aromatic N) is 2. The second-order valence-electron chi connectivity index (χ2n) is 6.72. The van der Waals surface area contributed by atoms with E-state index >= 15 is 0 Å². The van der Waals surface area contributed by atoms with Gasteiger partial charge in [0.2, 0.25) is 12.7 Å². The van der Waals surface area contributed by atoms with Crippen molar-refractivity contribution in [2.24, 2.45) is 0 Å². The summed E-state index contributed by atoms with van der Waals surface area (Å²) in [5, 5.41) is 1.89. The zero-order valence-corrected chi connectivity index (χ0v) is 15.7. The first-order valence-electron chi connectivity index (χ1n) is 8.91. The van der Waals surface area contributed by atoms with Crippen molar-refractivity contribution in [2.45, 2.75) is 18.4 Å². The smallest absolute Gasteiger partial charge is 0.237 e. The number of amides is 1. The Kier molecular flexibility index (Phi) is 3.93. The van der Waals surface area contributed by atoms with Gasteiger partial charge in [-0.25, -0.2) is 4.98 Å². The van der Waals surface area contributed by atoms with Crippen molar-refractivity contribution in [2.75, 3.05) is 24.0 Å². The Bertz CT molecular complexity index is 1070. The molecule has 5 rings (SSSR count). The fourth-order valence-electron chi connectivity index (χ4n) is 3.60. The van der Waals surface area contributed by atoms with Gasteiger partial charge in [0.25, 0.3) is 0 Å². The van der Waals surface area contributed by atoms with Crippen LogP contribution in [-0.2, 0) is 11.2 Å². The molecule has 1 amide bonds. The number of hydrogen-bond acceptors (Lipinski definition) is 5. The number of fused-ring (bicyclic) bond motifs is 3. The number of carbonyl (C=O) groups excluding carboxylic acids is 1. The Balaban J connectivity index is 1.36. The van der Waals surface area contributed by atoms with Gasteiger partial charge in [-0.2, -0.15) is 0 Å². The highest BCUT2D eigenvalue weighted by Gasteiger charge is 2.24. The number of hydrogen-bond donors (Lipinski definition) is 0. The molecule has 0 atom stereocenters. The summed E-state index contributed by atoms with van der Waals surface area (Å²) in [6.07, 6.45) is 0.924. The van der Waals surface area contributed by atoms with E-state index in [4.69, 9.17) is 14.5 Å². The van der Waals surface area contributed by atoms with Gasteiger partial charge in [-0.3, -0.25) is 4.79 Å². The molecule has 0 aliphatic carbocycles. The molecule has 3 heterocycles. The van der Waals surface area contributed by atoms with Crippen LogP contribution in [0.4, 0.5) is 5.69 Å². The third-order valence-electron chi connectivity index (χ3n) is 4.97. The van der Waals surface area contributed by atoms with Crippen LogP contribution in [0.25, 0.3) is 10.9 Å². The van der Waals surface area contributed by atoms with Gasteiger partial charge in [0.1, 0.15) is 5.03 Å². The number of rotatable bonds is 3. The van der Waals surface area contributed by atoms with Gasteiger partial charge >= 0.3 is 0 Å². The molecule has 2 aliphatic heterocycles. The van der Waals surface area contributed by atoms with Crippen LogP contribution in [0, 0.1) is 6.92 Å². The molecule has 0 N–H and O–H groups in total. The third kappa shape index (κ3) is 2.90. The molecule has 2 aromatic carbocycles. The standard InChI is InChI=1S/C21H18N2O3S/c1-13-8-15-9-18-19(26-12-25-18)10-16(15)22-21(13)27-11-20(24)23-7-6-14-4-2-3-5-17(14)23/h2-5,8-10H,6-7,11-12H2,1H3. The fourth-order valence-corrected chi connectivity index (χ4v) is 4.47. The number of benzene rings is 2. The number of carbonyl (C=O) groups is 1. The lowest BCUT2D eigenvalue weighted by atomic mass is 10.1. The van der Waals surface area contributed by atoms with Crippen molar-refractivity contribution in [3.8, 4) is 11.5 Å². The molecule has 0 spiro atoms. The lowest BCUT2D eigenvalue weighted by molar-refractivity contribution is -0.116. The maximum absolute atomic E-state index is 12.8. The van der Waals surface area contributed by atoms with Crippen molar-refractivity contribution in [3.63, 3.8) is 0 Å². The van der Waals surface area contributed by atoms with Crippen molar-refractivity contribution in [1.29, 1.82) is 0 Å². The summed E-state index contributed by atoms with van der Waals surface area (Å²) in [6.45, 7) is 3.03. The molecule has 0 unspecified atom stereocenters. The molecule has 1 aromatic heterocycles. The van der Waals surface area contributed by atoms with Crippen LogP contribution in [0.2, 0.25) is 0 Å². The fraction of sp³-hybridized carbons (Fsp3) is 0.238. The molecule has 6 heteroatoms. The first kappa shape index (κ1) is 16.4. The first-order chi connectivity index (χ1) is 13.2. The second-order valence-corrected chi connectivity index (χ2v) is 7.69. The summed E-state index contributed by atoms with van der Waals surface area (Å²) < 4.78 is 10.9. The van der Waals surface area contributed by atoms with Crippen LogP contribution in [-0.4, -0.2) is 30.0 Å². The maximum Gasteiger partial charge on any atom is 0.237 e. The lowest BCUT2D eigenvalue weighted by Crippen LogP contribution is -2.30. The van der Waals surface area contributed by atoms with E-state index in [2.05, 4.69) is 12.1 Å². The molecule has 27 heavy (non-hydrogen) atoms. The number of para-hydroxylation sites is 1. The highest BCUT2D eigenvalue weighted by Crippen LogP contribution is 2.37. The van der Waals surface area contributed by atoms with E-state index in [1.165, 1.54) is 17.3 Å². The van der Waals surface area contributed by atoms with Crippen LogP contribution < -0.4 is 14.4 Å². The zero-order valence-electron chi connectivity index (χ0n) is 14.9. The van der Waals surface area contributed by atoms with Gasteiger partial charge in [0.15, 0.2) is 11.5 Å². The summed E-state index contributed by atoms with van der Waals surface area (Å²) >= 11 is 1.49. The topological polar surface area (TPSA) is 51.7 Å². The number of aromatic nitrogens is 1. The van der Waals surface area contributed by atoms with Gasteiger partial charge in [0.05, 0.1) is 11.3 Å². The predicted octanol–water partition coefficient (Wildman–Crippen LogP) is 3.95. The van der Waals surface area contributed by atoms with Crippen molar-refractivity contribution in [3.05, 3.63) is 53.6 Å². The Hall–Kier alpha value is -2.73. The van der Waals surface area contributed by atoms with E-state index in [0.29, 0.717) is 5.75 Å². The molecule has 0 saturated heterocycles. The minimum atomic E-state index is 0.122. The average Bonchev–Trinajstić information content (AvgIpc) is 3.30. The lowest BCUT2D eigenvalue weighted by Gasteiger charge is -2.17. The van der Waals surface area contributed by atoms with E-state index in [1.807, 2.05) is 42.2 Å². The molecule has 0 saturated carbocycles. The van der Waals surface area contributed by atoms with E-state index in [-0.39, 0.29) is 12.7 Å². The summed E-state index contributed by atoms with van der Waals surface area (Å²) in [5.74, 6) is 1.97. The quantitative estimate of drug-likeness (QED) is 0.646. The van der Waals surface area contributed by atoms with Crippen molar-refractivity contribution in [1.82, 2.24) is 4.98 Å². The van der Waals surface area contributed by atoms with Gasteiger partial charge in [-0.05, 0) is 42.7 Å². The van der Waals surface area contributed by atoms with E-state index in [9.17, 15) is 4.79 Å². The molecular formula is C21H18N2O3S. The molecular weight excluding hydrogens is 360 g/mol. The maximum atomic E-state index is 12.8.